The second kappa shape index (κ2) is 9.27. The first-order chi connectivity index (χ1) is 15.8. The van der Waals surface area contributed by atoms with E-state index in [1.807, 2.05) is 0 Å². The molecule has 3 saturated heterocycles. The lowest BCUT2D eigenvalue weighted by Crippen LogP contribution is -2.62. The molecular formula is C21H25ClF6N4O2. The molecule has 0 bridgehead atoms. The lowest BCUT2D eigenvalue weighted by atomic mass is 9.94. The second-order valence-electron chi connectivity index (χ2n) is 9.20. The third kappa shape index (κ3) is 5.18. The maximum absolute atomic E-state index is 13.4. The van der Waals surface area contributed by atoms with Gasteiger partial charge in [0.15, 0.2) is 5.92 Å². The summed E-state index contributed by atoms with van der Waals surface area (Å²) in [5.74, 6) is -2.83. The monoisotopic (exact) mass is 514 g/mol. The molecule has 13 heteroatoms. The molecule has 2 N–H and O–H groups in total. The van der Waals surface area contributed by atoms with Gasteiger partial charge in [0.2, 0.25) is 0 Å². The number of carbonyl (C=O) groups is 1. The van der Waals surface area contributed by atoms with E-state index in [1.54, 1.807) is 18.2 Å². The van der Waals surface area contributed by atoms with Crippen molar-refractivity contribution in [1.82, 2.24) is 15.1 Å². The zero-order valence-electron chi connectivity index (χ0n) is 18.0. The van der Waals surface area contributed by atoms with Gasteiger partial charge in [-0.2, -0.15) is 26.3 Å². The Kier molecular flexibility index (Phi) is 6.87. The van der Waals surface area contributed by atoms with Gasteiger partial charge < -0.3 is 20.2 Å². The van der Waals surface area contributed by atoms with Crippen LogP contribution >= 0.6 is 11.6 Å². The third-order valence-corrected chi connectivity index (χ3v) is 7.25. The second-order valence-corrected chi connectivity index (χ2v) is 9.63. The van der Waals surface area contributed by atoms with Crippen molar-refractivity contribution >= 4 is 23.4 Å². The van der Waals surface area contributed by atoms with Crippen LogP contribution in [0.15, 0.2) is 18.2 Å². The average Bonchev–Trinajstić information content (AvgIpc) is 3.29. The van der Waals surface area contributed by atoms with Gasteiger partial charge in [0, 0.05) is 63.1 Å². The molecular weight excluding hydrogens is 490 g/mol. The van der Waals surface area contributed by atoms with Crippen molar-refractivity contribution in [2.75, 3.05) is 50.7 Å². The van der Waals surface area contributed by atoms with Crippen LogP contribution in [0.25, 0.3) is 0 Å². The number of halogens is 7. The number of rotatable bonds is 4. The maximum atomic E-state index is 13.4. The van der Waals surface area contributed by atoms with Crippen LogP contribution in [0, 0.1) is 17.8 Å². The van der Waals surface area contributed by atoms with E-state index in [0.717, 1.165) is 37.4 Å². The molecule has 1 aromatic carbocycles. The summed E-state index contributed by atoms with van der Waals surface area (Å²) in [5, 5.41) is 13.1. The number of benzene rings is 1. The number of amides is 1. The van der Waals surface area contributed by atoms with Crippen molar-refractivity contribution in [2.45, 2.75) is 24.9 Å². The summed E-state index contributed by atoms with van der Waals surface area (Å²) in [6, 6.07) is 2.84. The number of alkyl halides is 6. The Balaban J connectivity index is 1.57. The quantitative estimate of drug-likeness (QED) is 0.597. The zero-order valence-corrected chi connectivity index (χ0v) is 18.8. The molecule has 0 aromatic heterocycles. The van der Waals surface area contributed by atoms with Crippen molar-refractivity contribution in [2.24, 2.45) is 17.8 Å². The Morgan fingerprint density at radius 3 is 2.24 bits per heavy atom. The molecule has 3 fully saturated rings. The normalized spacial score (nSPS) is 26.4. The molecule has 1 amide bonds. The van der Waals surface area contributed by atoms with Crippen LogP contribution in [0.5, 0.6) is 0 Å². The SMILES string of the molecule is O=C(O)N1CCN(Cc2ccc(Cl)cc2N2CC3CNCC3C2)CC1C(C(F)(F)F)C(F)(F)F. The topological polar surface area (TPSA) is 59.1 Å². The van der Waals surface area contributed by atoms with Gasteiger partial charge in [-0.15, -0.1) is 0 Å². The number of nitrogens with one attached hydrogen (secondary N) is 1. The summed E-state index contributed by atoms with van der Waals surface area (Å²) in [4.78, 5) is 15.4. The molecule has 0 saturated carbocycles. The van der Waals surface area contributed by atoms with Crippen LogP contribution in [0.3, 0.4) is 0 Å². The molecule has 3 unspecified atom stereocenters. The molecule has 4 rings (SSSR count). The van der Waals surface area contributed by atoms with Gasteiger partial charge in [0.05, 0.1) is 6.04 Å². The molecule has 6 nitrogen and oxygen atoms in total. The van der Waals surface area contributed by atoms with Crippen molar-refractivity contribution in [3.8, 4) is 0 Å². The van der Waals surface area contributed by atoms with Crippen molar-refractivity contribution in [3.05, 3.63) is 28.8 Å². The van der Waals surface area contributed by atoms with E-state index in [0.29, 0.717) is 16.9 Å². The van der Waals surface area contributed by atoms with Crippen molar-refractivity contribution in [1.29, 1.82) is 0 Å². The van der Waals surface area contributed by atoms with E-state index in [9.17, 15) is 36.2 Å². The minimum atomic E-state index is -5.63. The van der Waals surface area contributed by atoms with Crippen LogP contribution in [0.1, 0.15) is 5.56 Å². The highest BCUT2D eigenvalue weighted by molar-refractivity contribution is 6.30. The first-order valence-corrected chi connectivity index (χ1v) is 11.3. The molecule has 0 radical (unpaired) electrons. The molecule has 0 aliphatic carbocycles. The first kappa shape index (κ1) is 25.2. The van der Waals surface area contributed by atoms with E-state index in [2.05, 4.69) is 10.2 Å². The highest BCUT2D eigenvalue weighted by Crippen LogP contribution is 2.44. The van der Waals surface area contributed by atoms with Crippen molar-refractivity contribution in [3.63, 3.8) is 0 Å². The summed E-state index contributed by atoms with van der Waals surface area (Å²) in [5.41, 5.74) is 1.54. The Labute approximate surface area is 197 Å². The summed E-state index contributed by atoms with van der Waals surface area (Å²) in [7, 11) is 0. The van der Waals surface area contributed by atoms with Gasteiger partial charge in [-0.3, -0.25) is 4.90 Å². The van der Waals surface area contributed by atoms with E-state index in [-0.39, 0.29) is 18.0 Å². The lowest BCUT2D eigenvalue weighted by Gasteiger charge is -2.44. The summed E-state index contributed by atoms with van der Waals surface area (Å²) in [6.45, 7) is 2.32. The Hall–Kier alpha value is -1.92. The third-order valence-electron chi connectivity index (χ3n) is 7.01. The molecule has 0 spiro atoms. The minimum Gasteiger partial charge on any atom is -0.465 e. The fourth-order valence-corrected chi connectivity index (χ4v) is 5.58. The first-order valence-electron chi connectivity index (χ1n) is 10.9. The lowest BCUT2D eigenvalue weighted by molar-refractivity contribution is -0.300. The largest absolute Gasteiger partial charge is 0.465 e. The fourth-order valence-electron chi connectivity index (χ4n) is 5.42. The standard InChI is InChI=1S/C21H25ClF6N4O2/c22-15-2-1-12(16(5-15)31-9-13-6-29-7-14(13)10-31)8-30-3-4-32(19(33)34)17(11-30)18(20(23,24)25)21(26,27)28/h1-2,5,13-14,17-18,29H,3-4,6-11H2,(H,33,34). The number of hydrogen-bond acceptors (Lipinski definition) is 4. The summed E-state index contributed by atoms with van der Waals surface area (Å²) < 4.78 is 80.6. The molecule has 190 valence electrons. The molecule has 3 heterocycles. The number of piperazine rings is 1. The number of nitrogens with zero attached hydrogens (tertiary/aromatic N) is 3. The number of fused-ring (bicyclic) bond motifs is 1. The van der Waals surface area contributed by atoms with Crippen LogP contribution in [0.2, 0.25) is 5.02 Å². The number of hydrogen-bond donors (Lipinski definition) is 2. The molecule has 34 heavy (non-hydrogen) atoms. The Morgan fingerprint density at radius 1 is 1.06 bits per heavy atom. The molecule has 3 aliphatic heterocycles. The smallest absolute Gasteiger partial charge is 0.407 e. The maximum Gasteiger partial charge on any atom is 0.407 e. The van der Waals surface area contributed by atoms with E-state index in [4.69, 9.17) is 11.6 Å². The number of anilines is 1. The fraction of sp³-hybridized carbons (Fsp3) is 0.667. The highest BCUT2D eigenvalue weighted by atomic mass is 35.5. The van der Waals surface area contributed by atoms with E-state index >= 15 is 0 Å². The van der Waals surface area contributed by atoms with Gasteiger partial charge in [-0.05, 0) is 29.5 Å². The van der Waals surface area contributed by atoms with Gasteiger partial charge in [0.25, 0.3) is 0 Å². The zero-order chi connectivity index (χ0) is 24.8. The predicted octanol–water partition coefficient (Wildman–Crippen LogP) is 3.90. The number of carboxylic acid groups (broad SMARTS) is 1. The van der Waals surface area contributed by atoms with Gasteiger partial charge >= 0.3 is 18.4 Å². The summed E-state index contributed by atoms with van der Waals surface area (Å²) in [6.07, 6.45) is -13.1. The molecule has 1 aromatic rings. The Morgan fingerprint density at radius 2 is 1.68 bits per heavy atom. The highest BCUT2D eigenvalue weighted by Gasteiger charge is 2.62. The van der Waals surface area contributed by atoms with E-state index < -0.39 is 43.5 Å². The predicted molar refractivity (Wildman–Crippen MR) is 113 cm³/mol. The molecule has 3 aliphatic rings. The van der Waals surface area contributed by atoms with Crippen molar-refractivity contribution < 1.29 is 36.2 Å². The summed E-state index contributed by atoms with van der Waals surface area (Å²) >= 11 is 6.20. The van der Waals surface area contributed by atoms with Crippen LogP contribution in [-0.2, 0) is 6.54 Å². The van der Waals surface area contributed by atoms with Crippen LogP contribution < -0.4 is 10.2 Å². The van der Waals surface area contributed by atoms with Crippen LogP contribution in [0.4, 0.5) is 36.8 Å². The Bertz CT molecular complexity index is 888. The minimum absolute atomic E-state index is 0.0163. The molecule has 3 atom stereocenters. The van der Waals surface area contributed by atoms with Gasteiger partial charge in [-0.1, -0.05) is 17.7 Å². The average molecular weight is 515 g/mol. The van der Waals surface area contributed by atoms with Gasteiger partial charge in [-0.25, -0.2) is 4.79 Å². The van der Waals surface area contributed by atoms with E-state index in [1.165, 1.54) is 4.90 Å². The van der Waals surface area contributed by atoms with Crippen LogP contribution in [-0.4, -0.2) is 85.2 Å². The van der Waals surface area contributed by atoms with Gasteiger partial charge in [0.1, 0.15) is 0 Å².